The molecule has 4 nitrogen and oxygen atoms in total. The highest BCUT2D eigenvalue weighted by Crippen LogP contribution is 2.31. The molecule has 0 heterocycles. The number of rotatable bonds is 8. The first-order chi connectivity index (χ1) is 12.1. The SMILES string of the molecule is CC[C@H](NC(=O)CSc1ccc(OC)c(OC)c1)c1ccc(C)cc1. The van der Waals surface area contributed by atoms with E-state index >= 15 is 0 Å². The summed E-state index contributed by atoms with van der Waals surface area (Å²) < 4.78 is 10.5. The lowest BCUT2D eigenvalue weighted by Gasteiger charge is -2.17. The quantitative estimate of drug-likeness (QED) is 0.711. The van der Waals surface area contributed by atoms with Gasteiger partial charge in [-0.2, -0.15) is 0 Å². The summed E-state index contributed by atoms with van der Waals surface area (Å²) in [6.07, 6.45) is 0.857. The highest BCUT2D eigenvalue weighted by atomic mass is 32.2. The Kier molecular flexibility index (Phi) is 7.19. The van der Waals surface area contributed by atoms with Crippen LogP contribution in [0.4, 0.5) is 0 Å². The summed E-state index contributed by atoms with van der Waals surface area (Å²) in [4.78, 5) is 13.3. The van der Waals surface area contributed by atoms with Gasteiger partial charge in [-0.3, -0.25) is 4.79 Å². The number of ether oxygens (including phenoxy) is 2. The summed E-state index contributed by atoms with van der Waals surface area (Å²) >= 11 is 1.48. The van der Waals surface area contributed by atoms with Gasteiger partial charge in [-0.15, -0.1) is 11.8 Å². The molecule has 0 fully saturated rings. The van der Waals surface area contributed by atoms with Crippen molar-refractivity contribution in [1.82, 2.24) is 5.32 Å². The maximum Gasteiger partial charge on any atom is 0.230 e. The van der Waals surface area contributed by atoms with Crippen molar-refractivity contribution in [2.24, 2.45) is 0 Å². The molecule has 0 saturated carbocycles. The second kappa shape index (κ2) is 9.37. The maximum atomic E-state index is 12.3. The smallest absolute Gasteiger partial charge is 0.230 e. The number of benzene rings is 2. The molecule has 2 aromatic rings. The molecule has 25 heavy (non-hydrogen) atoms. The average Bonchev–Trinajstić information content (AvgIpc) is 2.64. The normalized spacial score (nSPS) is 11.7. The minimum atomic E-state index is 0.0206. The van der Waals surface area contributed by atoms with Crippen LogP contribution in [0, 0.1) is 6.92 Å². The Morgan fingerprint density at radius 3 is 2.36 bits per heavy atom. The Hall–Kier alpha value is -2.14. The lowest BCUT2D eigenvalue weighted by Crippen LogP contribution is -2.29. The second-order valence-corrected chi connectivity index (χ2v) is 6.79. The van der Waals surface area contributed by atoms with E-state index in [0.717, 1.165) is 16.9 Å². The number of amides is 1. The Labute approximate surface area is 153 Å². The Morgan fingerprint density at radius 2 is 1.76 bits per heavy atom. The van der Waals surface area contributed by atoms with Crippen LogP contribution in [0.2, 0.25) is 0 Å². The molecule has 1 amide bonds. The first-order valence-corrected chi connectivity index (χ1v) is 9.26. The highest BCUT2D eigenvalue weighted by molar-refractivity contribution is 8.00. The summed E-state index contributed by atoms with van der Waals surface area (Å²) in [7, 11) is 3.21. The first-order valence-electron chi connectivity index (χ1n) is 8.28. The predicted octanol–water partition coefficient (Wildman–Crippen LogP) is 4.37. The molecule has 0 bridgehead atoms. The van der Waals surface area contributed by atoms with Gasteiger partial charge in [0.2, 0.25) is 5.91 Å². The number of thioether (sulfide) groups is 1. The molecular weight excluding hydrogens is 334 g/mol. The van der Waals surface area contributed by atoms with Crippen LogP contribution in [0.1, 0.15) is 30.5 Å². The molecule has 0 unspecified atom stereocenters. The van der Waals surface area contributed by atoms with Crippen molar-refractivity contribution >= 4 is 17.7 Å². The Balaban J connectivity index is 1.94. The van der Waals surface area contributed by atoms with Gasteiger partial charge < -0.3 is 14.8 Å². The van der Waals surface area contributed by atoms with Crippen molar-refractivity contribution < 1.29 is 14.3 Å². The molecule has 134 valence electrons. The average molecular weight is 359 g/mol. The third kappa shape index (κ3) is 5.43. The Morgan fingerprint density at radius 1 is 1.08 bits per heavy atom. The second-order valence-electron chi connectivity index (χ2n) is 5.74. The number of carbonyl (C=O) groups is 1. The molecule has 0 radical (unpaired) electrons. The number of nitrogens with one attached hydrogen (secondary N) is 1. The van der Waals surface area contributed by atoms with Crippen molar-refractivity contribution in [2.75, 3.05) is 20.0 Å². The van der Waals surface area contributed by atoms with Crippen molar-refractivity contribution in [3.8, 4) is 11.5 Å². The first kappa shape index (κ1) is 19.2. The minimum Gasteiger partial charge on any atom is -0.493 e. The number of hydrogen-bond acceptors (Lipinski definition) is 4. The van der Waals surface area contributed by atoms with E-state index in [9.17, 15) is 4.79 Å². The van der Waals surface area contributed by atoms with Crippen LogP contribution >= 0.6 is 11.8 Å². The van der Waals surface area contributed by atoms with Gasteiger partial charge in [0.15, 0.2) is 11.5 Å². The lowest BCUT2D eigenvalue weighted by atomic mass is 10.0. The largest absolute Gasteiger partial charge is 0.493 e. The van der Waals surface area contributed by atoms with Gasteiger partial charge in [-0.25, -0.2) is 0 Å². The minimum absolute atomic E-state index is 0.0206. The number of aryl methyl sites for hydroxylation is 1. The molecule has 1 N–H and O–H groups in total. The number of methoxy groups -OCH3 is 2. The molecule has 0 aliphatic carbocycles. The van der Waals surface area contributed by atoms with E-state index in [1.807, 2.05) is 18.2 Å². The molecular formula is C20H25NO3S. The van der Waals surface area contributed by atoms with Gasteiger partial charge in [0, 0.05) is 4.90 Å². The fourth-order valence-electron chi connectivity index (χ4n) is 2.51. The van der Waals surface area contributed by atoms with E-state index in [-0.39, 0.29) is 11.9 Å². The molecule has 1 atom stereocenters. The van der Waals surface area contributed by atoms with Crippen LogP contribution in [0.15, 0.2) is 47.4 Å². The lowest BCUT2D eigenvalue weighted by molar-refractivity contribution is -0.119. The van der Waals surface area contributed by atoms with E-state index in [0.29, 0.717) is 17.3 Å². The summed E-state index contributed by atoms with van der Waals surface area (Å²) in [6.45, 7) is 4.13. The van der Waals surface area contributed by atoms with Crippen molar-refractivity contribution in [3.63, 3.8) is 0 Å². The van der Waals surface area contributed by atoms with E-state index in [1.54, 1.807) is 14.2 Å². The van der Waals surface area contributed by atoms with Crippen LogP contribution in [-0.4, -0.2) is 25.9 Å². The van der Waals surface area contributed by atoms with Gasteiger partial charge in [0.05, 0.1) is 26.0 Å². The van der Waals surface area contributed by atoms with Gasteiger partial charge in [0.25, 0.3) is 0 Å². The monoisotopic (exact) mass is 359 g/mol. The van der Waals surface area contributed by atoms with Crippen LogP contribution in [0.25, 0.3) is 0 Å². The number of carbonyl (C=O) groups excluding carboxylic acids is 1. The van der Waals surface area contributed by atoms with E-state index in [2.05, 4.69) is 43.4 Å². The summed E-state index contributed by atoms with van der Waals surface area (Å²) in [6, 6.07) is 14.0. The van der Waals surface area contributed by atoms with Crippen LogP contribution in [0.5, 0.6) is 11.5 Å². The zero-order valence-corrected chi connectivity index (χ0v) is 16.0. The summed E-state index contributed by atoms with van der Waals surface area (Å²) in [5.41, 5.74) is 2.35. The summed E-state index contributed by atoms with van der Waals surface area (Å²) in [5.74, 6) is 1.73. The van der Waals surface area contributed by atoms with Crippen LogP contribution < -0.4 is 14.8 Å². The molecule has 0 aliphatic rings. The third-order valence-electron chi connectivity index (χ3n) is 3.95. The molecule has 2 rings (SSSR count). The third-order valence-corrected chi connectivity index (χ3v) is 4.94. The predicted molar refractivity (Wildman–Crippen MR) is 103 cm³/mol. The van der Waals surface area contributed by atoms with Crippen molar-refractivity contribution in [3.05, 3.63) is 53.6 Å². The fourth-order valence-corrected chi connectivity index (χ4v) is 3.25. The van der Waals surface area contributed by atoms with E-state index < -0.39 is 0 Å². The van der Waals surface area contributed by atoms with Crippen molar-refractivity contribution in [1.29, 1.82) is 0 Å². The van der Waals surface area contributed by atoms with E-state index in [4.69, 9.17) is 9.47 Å². The van der Waals surface area contributed by atoms with E-state index in [1.165, 1.54) is 17.3 Å². The molecule has 0 aromatic heterocycles. The number of hydrogen-bond donors (Lipinski definition) is 1. The standard InChI is InChI=1S/C20H25NO3S/c1-5-17(15-8-6-14(2)7-9-15)21-20(22)13-25-16-10-11-18(23-3)19(12-16)24-4/h6-12,17H,5,13H2,1-4H3,(H,21,22)/t17-/m0/s1. The topological polar surface area (TPSA) is 47.6 Å². The molecule has 2 aromatic carbocycles. The molecule has 5 heteroatoms. The zero-order chi connectivity index (χ0) is 18.2. The molecule has 0 aliphatic heterocycles. The molecule has 0 spiro atoms. The Bertz CT molecular complexity index is 701. The van der Waals surface area contributed by atoms with Gasteiger partial charge in [0.1, 0.15) is 0 Å². The van der Waals surface area contributed by atoms with Gasteiger partial charge in [-0.1, -0.05) is 36.8 Å². The highest BCUT2D eigenvalue weighted by Gasteiger charge is 2.13. The van der Waals surface area contributed by atoms with Gasteiger partial charge >= 0.3 is 0 Å². The summed E-state index contributed by atoms with van der Waals surface area (Å²) in [5, 5.41) is 3.11. The zero-order valence-electron chi connectivity index (χ0n) is 15.2. The van der Waals surface area contributed by atoms with Crippen LogP contribution in [0.3, 0.4) is 0 Å². The fraction of sp³-hybridized carbons (Fsp3) is 0.350. The van der Waals surface area contributed by atoms with Gasteiger partial charge in [-0.05, 0) is 37.1 Å². The maximum absolute atomic E-state index is 12.3. The van der Waals surface area contributed by atoms with Crippen LogP contribution in [-0.2, 0) is 4.79 Å². The van der Waals surface area contributed by atoms with Crippen molar-refractivity contribution in [2.45, 2.75) is 31.2 Å². The molecule has 0 saturated heterocycles.